The van der Waals surface area contributed by atoms with E-state index in [1.54, 1.807) is 24.3 Å². The van der Waals surface area contributed by atoms with E-state index in [1.807, 2.05) is 25.1 Å². The fourth-order valence-corrected chi connectivity index (χ4v) is 1.96. The van der Waals surface area contributed by atoms with Crippen molar-refractivity contribution in [3.05, 3.63) is 54.3 Å². The number of nitrogens with zero attached hydrogens (tertiary/aromatic N) is 1. The first kappa shape index (κ1) is 18.4. The maximum atomic E-state index is 13.5. The second-order valence-electron chi connectivity index (χ2n) is 5.57. The molecule has 2 rings (SSSR count). The smallest absolute Gasteiger partial charge is 0.313 e. The highest BCUT2D eigenvalue weighted by Crippen LogP contribution is 2.30. The molecule has 0 saturated carbocycles. The largest absolute Gasteiger partial charge is 0.455 e. The molecule has 0 radical (unpaired) electrons. The monoisotopic (exact) mass is 345 g/mol. The van der Waals surface area contributed by atoms with Crippen LogP contribution in [-0.2, 0) is 9.59 Å². The van der Waals surface area contributed by atoms with Crippen molar-refractivity contribution in [2.75, 3.05) is 32.5 Å². The number of benzene rings is 2. The highest BCUT2D eigenvalue weighted by molar-refractivity contribution is 6.39. The van der Waals surface area contributed by atoms with Crippen LogP contribution >= 0.6 is 0 Å². The fraction of sp³-hybridized carbons (Fsp3) is 0.222. The van der Waals surface area contributed by atoms with Crippen LogP contribution in [-0.4, -0.2) is 43.9 Å². The average Bonchev–Trinajstić information content (AvgIpc) is 2.57. The number of rotatable bonds is 6. The number of likely N-dealkylation sites (N-methyl/N-ethyl adjacent to an activating group) is 1. The highest BCUT2D eigenvalue weighted by atomic mass is 19.1. The summed E-state index contributed by atoms with van der Waals surface area (Å²) in [6.45, 7) is 0.928. The Morgan fingerprint density at radius 3 is 2.48 bits per heavy atom. The van der Waals surface area contributed by atoms with Crippen molar-refractivity contribution >= 4 is 17.5 Å². The molecule has 0 aromatic heterocycles. The fourth-order valence-electron chi connectivity index (χ4n) is 1.96. The molecule has 2 amide bonds. The first-order chi connectivity index (χ1) is 12.0. The molecule has 0 spiro atoms. The van der Waals surface area contributed by atoms with Gasteiger partial charge in [-0.15, -0.1) is 0 Å². The Labute approximate surface area is 145 Å². The maximum absolute atomic E-state index is 13.5. The summed E-state index contributed by atoms with van der Waals surface area (Å²) in [5, 5.41) is 4.87. The summed E-state index contributed by atoms with van der Waals surface area (Å²) in [4.78, 5) is 25.7. The Balaban J connectivity index is 2.06. The average molecular weight is 345 g/mol. The third-order valence-corrected chi connectivity index (χ3v) is 3.21. The van der Waals surface area contributed by atoms with Crippen molar-refractivity contribution in [3.63, 3.8) is 0 Å². The van der Waals surface area contributed by atoms with Gasteiger partial charge in [-0.1, -0.05) is 18.2 Å². The molecule has 2 aromatic carbocycles. The van der Waals surface area contributed by atoms with Gasteiger partial charge in [-0.25, -0.2) is 4.39 Å². The van der Waals surface area contributed by atoms with Crippen molar-refractivity contribution in [2.45, 2.75) is 0 Å². The van der Waals surface area contributed by atoms with Crippen LogP contribution in [0.25, 0.3) is 0 Å². The van der Waals surface area contributed by atoms with E-state index in [2.05, 4.69) is 10.6 Å². The summed E-state index contributed by atoms with van der Waals surface area (Å²) >= 11 is 0. The van der Waals surface area contributed by atoms with E-state index in [1.165, 1.54) is 12.1 Å². The molecule has 0 saturated heterocycles. The normalized spacial score (nSPS) is 10.4. The lowest BCUT2D eigenvalue weighted by molar-refractivity contribution is -0.136. The molecule has 0 aliphatic heterocycles. The van der Waals surface area contributed by atoms with Crippen LogP contribution in [0, 0.1) is 5.82 Å². The Morgan fingerprint density at radius 1 is 1.08 bits per heavy atom. The number of carbonyl (C=O) groups is 2. The molecule has 0 atom stereocenters. The molecule has 25 heavy (non-hydrogen) atoms. The molecule has 0 heterocycles. The lowest BCUT2D eigenvalue weighted by atomic mass is 10.2. The van der Waals surface area contributed by atoms with Gasteiger partial charge in [0.2, 0.25) is 0 Å². The van der Waals surface area contributed by atoms with Crippen LogP contribution in [0.2, 0.25) is 0 Å². The highest BCUT2D eigenvalue weighted by Gasteiger charge is 2.16. The summed E-state index contributed by atoms with van der Waals surface area (Å²) in [5.74, 6) is -1.47. The first-order valence-electron chi connectivity index (χ1n) is 7.72. The molecule has 132 valence electrons. The van der Waals surface area contributed by atoms with E-state index >= 15 is 0 Å². The minimum Gasteiger partial charge on any atom is -0.455 e. The van der Waals surface area contributed by atoms with Gasteiger partial charge in [0.1, 0.15) is 11.6 Å². The Kier molecular flexibility index (Phi) is 6.47. The Bertz CT molecular complexity index is 736. The summed E-state index contributed by atoms with van der Waals surface area (Å²) in [5.41, 5.74) is 0.0802. The van der Waals surface area contributed by atoms with Crippen LogP contribution < -0.4 is 15.4 Å². The summed E-state index contributed by atoms with van der Waals surface area (Å²) in [6, 6.07) is 12.6. The Morgan fingerprint density at radius 2 is 1.80 bits per heavy atom. The first-order valence-corrected chi connectivity index (χ1v) is 7.72. The number of hydrogen-bond acceptors (Lipinski definition) is 4. The number of halogens is 1. The molecule has 0 aliphatic rings. The lowest BCUT2D eigenvalue weighted by Crippen LogP contribution is -2.38. The second kappa shape index (κ2) is 8.79. The third kappa shape index (κ3) is 5.89. The molecule has 0 fully saturated rings. The van der Waals surface area contributed by atoms with Gasteiger partial charge in [-0.3, -0.25) is 9.59 Å². The molecule has 2 aromatic rings. The zero-order chi connectivity index (χ0) is 18.2. The summed E-state index contributed by atoms with van der Waals surface area (Å²) in [7, 11) is 3.71. The molecule has 7 heteroatoms. The number of anilines is 1. The van der Waals surface area contributed by atoms with E-state index in [0.29, 0.717) is 18.8 Å². The van der Waals surface area contributed by atoms with Gasteiger partial charge < -0.3 is 20.3 Å². The van der Waals surface area contributed by atoms with Gasteiger partial charge >= 0.3 is 11.8 Å². The predicted octanol–water partition coefficient (Wildman–Crippen LogP) is 2.23. The van der Waals surface area contributed by atoms with Crippen molar-refractivity contribution in [3.8, 4) is 11.5 Å². The number of ether oxygens (including phenoxy) is 1. The van der Waals surface area contributed by atoms with Gasteiger partial charge in [0.15, 0.2) is 5.75 Å². The van der Waals surface area contributed by atoms with Gasteiger partial charge in [0, 0.05) is 19.2 Å². The van der Waals surface area contributed by atoms with Crippen molar-refractivity contribution in [2.24, 2.45) is 0 Å². The molecule has 0 unspecified atom stereocenters. The Hall–Kier alpha value is -2.93. The zero-order valence-electron chi connectivity index (χ0n) is 14.1. The van der Waals surface area contributed by atoms with Gasteiger partial charge in [-0.2, -0.15) is 0 Å². The predicted molar refractivity (Wildman–Crippen MR) is 93.1 cm³/mol. The van der Waals surface area contributed by atoms with Gasteiger partial charge in [-0.05, 0) is 38.4 Å². The molecule has 2 N–H and O–H groups in total. The third-order valence-electron chi connectivity index (χ3n) is 3.21. The van der Waals surface area contributed by atoms with Gasteiger partial charge in [0.05, 0.1) is 5.69 Å². The maximum Gasteiger partial charge on any atom is 0.313 e. The molecule has 6 nitrogen and oxygen atoms in total. The van der Waals surface area contributed by atoms with Crippen LogP contribution in [0.3, 0.4) is 0 Å². The van der Waals surface area contributed by atoms with Crippen LogP contribution in [0.15, 0.2) is 48.5 Å². The van der Waals surface area contributed by atoms with Crippen molar-refractivity contribution < 1.29 is 18.7 Å². The van der Waals surface area contributed by atoms with Gasteiger partial charge in [0.25, 0.3) is 0 Å². The second-order valence-corrected chi connectivity index (χ2v) is 5.57. The minimum atomic E-state index is -0.887. The van der Waals surface area contributed by atoms with E-state index in [9.17, 15) is 14.0 Å². The lowest BCUT2D eigenvalue weighted by Gasteiger charge is -2.13. The molecule has 0 aliphatic carbocycles. The SMILES string of the molecule is CN(C)CCNC(=O)C(=O)Nc1cc(F)ccc1Oc1ccccc1. The minimum absolute atomic E-state index is 0.0802. The number of amides is 2. The summed E-state index contributed by atoms with van der Waals surface area (Å²) in [6.07, 6.45) is 0. The number of nitrogens with one attached hydrogen (secondary N) is 2. The van der Waals surface area contributed by atoms with E-state index in [-0.39, 0.29) is 11.4 Å². The standard InChI is InChI=1S/C18H20FN3O3/c1-22(2)11-10-20-17(23)18(24)21-15-12-13(19)8-9-16(15)25-14-6-4-3-5-7-14/h3-9,12H,10-11H2,1-2H3,(H,20,23)(H,21,24). The van der Waals surface area contributed by atoms with E-state index in [4.69, 9.17) is 4.74 Å². The van der Waals surface area contributed by atoms with Crippen LogP contribution in [0.5, 0.6) is 11.5 Å². The summed E-state index contributed by atoms with van der Waals surface area (Å²) < 4.78 is 19.2. The van der Waals surface area contributed by atoms with E-state index in [0.717, 1.165) is 6.07 Å². The molecule has 0 bridgehead atoms. The van der Waals surface area contributed by atoms with Crippen LogP contribution in [0.1, 0.15) is 0 Å². The molecular weight excluding hydrogens is 325 g/mol. The number of carbonyl (C=O) groups excluding carboxylic acids is 2. The topological polar surface area (TPSA) is 70.7 Å². The van der Waals surface area contributed by atoms with Crippen molar-refractivity contribution in [1.29, 1.82) is 0 Å². The quantitative estimate of drug-likeness (QED) is 0.788. The number of para-hydroxylation sites is 1. The van der Waals surface area contributed by atoms with E-state index < -0.39 is 17.6 Å². The molecular formula is C18H20FN3O3. The zero-order valence-corrected chi connectivity index (χ0v) is 14.1. The number of hydrogen-bond donors (Lipinski definition) is 2. The van der Waals surface area contributed by atoms with Crippen LogP contribution in [0.4, 0.5) is 10.1 Å². The van der Waals surface area contributed by atoms with Crippen molar-refractivity contribution in [1.82, 2.24) is 10.2 Å².